The second-order valence-corrected chi connectivity index (χ2v) is 16.0. The van der Waals surface area contributed by atoms with Crippen LogP contribution in [0.1, 0.15) is 38.3 Å². The van der Waals surface area contributed by atoms with E-state index in [4.69, 9.17) is 4.43 Å². The third-order valence-corrected chi connectivity index (χ3v) is 12.0. The van der Waals surface area contributed by atoms with Crippen LogP contribution in [0.2, 0.25) is 18.1 Å². The molecule has 0 spiro atoms. The summed E-state index contributed by atoms with van der Waals surface area (Å²) >= 11 is 0. The van der Waals surface area contributed by atoms with Crippen molar-refractivity contribution in [2.24, 2.45) is 0 Å². The number of benzene rings is 2. The summed E-state index contributed by atoms with van der Waals surface area (Å²) in [5.74, 6) is 0. The lowest BCUT2D eigenvalue weighted by molar-refractivity contribution is -0.111. The van der Waals surface area contributed by atoms with Crippen LogP contribution < -0.4 is 4.72 Å². The van der Waals surface area contributed by atoms with Gasteiger partial charge in [0.25, 0.3) is 0 Å². The number of aldehydes is 1. The van der Waals surface area contributed by atoms with Crippen molar-refractivity contribution in [1.82, 2.24) is 4.72 Å². The second kappa shape index (κ2) is 10.2. The molecular weight excluding hydrogens is 426 g/mol. The number of nitrogens with one attached hydrogen (secondary N) is 1. The summed E-state index contributed by atoms with van der Waals surface area (Å²) in [6.45, 7) is 12.5. The summed E-state index contributed by atoms with van der Waals surface area (Å²) in [6.07, 6.45) is 1.33. The summed E-state index contributed by atoms with van der Waals surface area (Å²) in [5, 5.41) is -0.0682. The first kappa shape index (κ1) is 25.5. The average Bonchev–Trinajstić information content (AvgIpc) is 2.69. The molecule has 0 aliphatic heterocycles. The number of hydrogen-bond donors (Lipinski definition) is 1. The van der Waals surface area contributed by atoms with Crippen molar-refractivity contribution >= 4 is 24.6 Å². The third kappa shape index (κ3) is 7.10. The summed E-state index contributed by atoms with van der Waals surface area (Å²) in [5.41, 5.74) is 2.09. The summed E-state index contributed by atoms with van der Waals surface area (Å²) < 4.78 is 35.0. The molecule has 0 unspecified atom stereocenters. The van der Waals surface area contributed by atoms with Gasteiger partial charge in [-0.3, -0.25) is 0 Å². The molecule has 5 nitrogen and oxygen atoms in total. The number of sulfonamides is 1. The number of hydrogen-bond acceptors (Lipinski definition) is 4. The second-order valence-electron chi connectivity index (χ2n) is 9.54. The summed E-state index contributed by atoms with van der Waals surface area (Å²) in [6, 6.07) is 15.5. The Morgan fingerprint density at radius 1 is 1.03 bits per heavy atom. The van der Waals surface area contributed by atoms with Crippen molar-refractivity contribution in [1.29, 1.82) is 0 Å². The Morgan fingerprint density at radius 3 is 2.13 bits per heavy atom. The zero-order valence-electron chi connectivity index (χ0n) is 19.4. The first-order valence-electron chi connectivity index (χ1n) is 10.6. The van der Waals surface area contributed by atoms with Crippen LogP contribution in [-0.2, 0) is 25.7 Å². The van der Waals surface area contributed by atoms with E-state index in [1.54, 1.807) is 24.3 Å². The van der Waals surface area contributed by atoms with Crippen LogP contribution in [-0.4, -0.2) is 35.2 Å². The minimum Gasteiger partial charge on any atom is -0.412 e. The highest BCUT2D eigenvalue weighted by Crippen LogP contribution is 2.38. The van der Waals surface area contributed by atoms with Crippen molar-refractivity contribution in [3.63, 3.8) is 0 Å². The molecule has 2 rings (SSSR count). The maximum Gasteiger partial charge on any atom is 0.241 e. The Bertz CT molecular complexity index is 951. The topological polar surface area (TPSA) is 72.5 Å². The standard InChI is InChI=1S/C24H35NO4SSi/c1-19-12-15-21(16-13-19)30(27,28)25-22(18-26)23(29-31(5,6)24(2,3)4)17-14-20-10-8-7-9-11-20/h7-13,15-16,18,22-23,25H,14,17H2,1-6H3/t22-,23-/m0/s1. The lowest BCUT2D eigenvalue weighted by Crippen LogP contribution is -2.52. The van der Waals surface area contributed by atoms with Crippen LogP contribution in [0.25, 0.3) is 0 Å². The lowest BCUT2D eigenvalue weighted by Gasteiger charge is -2.40. The Balaban J connectivity index is 2.29. The van der Waals surface area contributed by atoms with E-state index in [0.717, 1.165) is 11.1 Å². The fourth-order valence-corrected chi connectivity index (χ4v) is 5.55. The van der Waals surface area contributed by atoms with Crippen LogP contribution >= 0.6 is 0 Å². The van der Waals surface area contributed by atoms with Crippen LogP contribution in [0.15, 0.2) is 59.5 Å². The molecule has 0 amide bonds. The Morgan fingerprint density at radius 2 is 1.61 bits per heavy atom. The molecule has 0 saturated heterocycles. The summed E-state index contributed by atoms with van der Waals surface area (Å²) in [7, 11) is -6.09. The Hall–Kier alpha value is -1.80. The fourth-order valence-electron chi connectivity index (χ4n) is 2.98. The lowest BCUT2D eigenvalue weighted by atomic mass is 10.0. The Kier molecular flexibility index (Phi) is 8.38. The van der Waals surface area contributed by atoms with Gasteiger partial charge in [-0.05, 0) is 55.6 Å². The van der Waals surface area contributed by atoms with Gasteiger partial charge in [-0.25, -0.2) is 8.42 Å². The van der Waals surface area contributed by atoms with Crippen molar-refractivity contribution in [2.75, 3.05) is 0 Å². The predicted molar refractivity (Wildman–Crippen MR) is 128 cm³/mol. The molecule has 0 aliphatic carbocycles. The van der Waals surface area contributed by atoms with Crippen LogP contribution in [0.5, 0.6) is 0 Å². The monoisotopic (exact) mass is 461 g/mol. The van der Waals surface area contributed by atoms with Crippen molar-refractivity contribution in [3.05, 3.63) is 65.7 Å². The molecule has 7 heteroatoms. The Labute approximate surface area is 188 Å². The highest BCUT2D eigenvalue weighted by atomic mass is 32.2. The molecule has 0 radical (unpaired) electrons. The van der Waals surface area contributed by atoms with Gasteiger partial charge in [-0.1, -0.05) is 68.8 Å². The predicted octanol–water partition coefficient (Wildman–Crippen LogP) is 4.86. The fraction of sp³-hybridized carbons (Fsp3) is 0.458. The van der Waals surface area contributed by atoms with Gasteiger partial charge in [0.1, 0.15) is 12.3 Å². The smallest absolute Gasteiger partial charge is 0.241 e. The van der Waals surface area contributed by atoms with Gasteiger partial charge in [0.15, 0.2) is 8.32 Å². The normalized spacial score (nSPS) is 14.8. The molecule has 0 fully saturated rings. The first-order valence-corrected chi connectivity index (χ1v) is 15.0. The number of rotatable bonds is 10. The molecule has 0 aliphatic rings. The number of carbonyl (C=O) groups is 1. The van der Waals surface area contributed by atoms with Gasteiger partial charge < -0.3 is 9.22 Å². The SMILES string of the molecule is Cc1ccc(S(=O)(=O)N[C@@H](C=O)[C@H](CCc2ccccc2)O[Si](C)(C)C(C)(C)C)cc1. The highest BCUT2D eigenvalue weighted by Gasteiger charge is 2.41. The molecule has 31 heavy (non-hydrogen) atoms. The highest BCUT2D eigenvalue weighted by molar-refractivity contribution is 7.89. The third-order valence-electron chi connectivity index (χ3n) is 5.98. The molecule has 1 N–H and O–H groups in total. The molecule has 2 aromatic carbocycles. The summed E-state index contributed by atoms with van der Waals surface area (Å²) in [4.78, 5) is 12.2. The van der Waals surface area contributed by atoms with Crippen LogP contribution in [0.4, 0.5) is 0 Å². The molecule has 0 heterocycles. The van der Waals surface area contributed by atoms with Crippen LogP contribution in [0, 0.1) is 6.92 Å². The molecule has 0 aromatic heterocycles. The quantitative estimate of drug-likeness (QED) is 0.405. The van der Waals surface area contributed by atoms with Gasteiger partial charge in [0.2, 0.25) is 10.0 Å². The number of carbonyl (C=O) groups excluding carboxylic acids is 1. The largest absolute Gasteiger partial charge is 0.412 e. The minimum atomic E-state index is -3.85. The average molecular weight is 462 g/mol. The van der Waals surface area contributed by atoms with E-state index in [9.17, 15) is 13.2 Å². The van der Waals surface area contributed by atoms with Gasteiger partial charge in [-0.2, -0.15) is 4.72 Å². The van der Waals surface area contributed by atoms with Crippen molar-refractivity contribution in [2.45, 2.75) is 75.7 Å². The van der Waals surface area contributed by atoms with E-state index in [0.29, 0.717) is 19.1 Å². The van der Waals surface area contributed by atoms with Crippen LogP contribution in [0.3, 0.4) is 0 Å². The maximum atomic E-state index is 12.9. The maximum absolute atomic E-state index is 12.9. The first-order chi connectivity index (χ1) is 14.4. The van der Waals surface area contributed by atoms with Crippen molar-refractivity contribution < 1.29 is 17.6 Å². The molecule has 2 atom stereocenters. The van der Waals surface area contributed by atoms with E-state index < -0.39 is 30.5 Å². The minimum absolute atomic E-state index is 0.0682. The molecule has 2 aromatic rings. The van der Waals surface area contributed by atoms with E-state index >= 15 is 0 Å². The number of aryl methyl sites for hydroxylation is 2. The van der Waals surface area contributed by atoms with E-state index in [1.807, 2.05) is 37.3 Å². The van der Waals surface area contributed by atoms with Gasteiger partial charge >= 0.3 is 0 Å². The van der Waals surface area contributed by atoms with Gasteiger partial charge in [-0.15, -0.1) is 0 Å². The molecule has 0 saturated carbocycles. The molecular formula is C24H35NO4SSi. The van der Waals surface area contributed by atoms with E-state index in [-0.39, 0.29) is 9.93 Å². The molecule has 0 bridgehead atoms. The van der Waals surface area contributed by atoms with E-state index in [2.05, 4.69) is 38.6 Å². The van der Waals surface area contributed by atoms with E-state index in [1.165, 1.54) is 0 Å². The molecule has 170 valence electrons. The van der Waals surface area contributed by atoms with Crippen molar-refractivity contribution in [3.8, 4) is 0 Å². The zero-order chi connectivity index (χ0) is 23.3. The zero-order valence-corrected chi connectivity index (χ0v) is 21.2. The van der Waals surface area contributed by atoms with Gasteiger partial charge in [0, 0.05) is 0 Å². The van der Waals surface area contributed by atoms with Gasteiger partial charge in [0.05, 0.1) is 11.0 Å².